The topological polar surface area (TPSA) is 65.8 Å². The summed E-state index contributed by atoms with van der Waals surface area (Å²) in [6.07, 6.45) is 5.46. The first kappa shape index (κ1) is 15.8. The molecule has 0 unspecified atom stereocenters. The lowest BCUT2D eigenvalue weighted by molar-refractivity contribution is -0.128. The maximum atomic E-state index is 12.2. The number of nitrogens with one attached hydrogen (secondary N) is 1. The molecule has 23 heavy (non-hydrogen) atoms. The Balaban J connectivity index is 1.41. The second kappa shape index (κ2) is 7.00. The Morgan fingerprint density at radius 3 is 2.61 bits per heavy atom. The second-order valence-corrected chi connectivity index (χ2v) is 6.22. The van der Waals surface area contributed by atoms with Gasteiger partial charge >= 0.3 is 0 Å². The van der Waals surface area contributed by atoms with Crippen molar-refractivity contribution in [2.75, 3.05) is 32.7 Å². The maximum absolute atomic E-state index is 12.2. The van der Waals surface area contributed by atoms with Crippen LogP contribution >= 0.6 is 0 Å². The molecule has 1 saturated heterocycles. The van der Waals surface area contributed by atoms with E-state index in [4.69, 9.17) is 4.42 Å². The zero-order valence-electron chi connectivity index (χ0n) is 13.5. The van der Waals surface area contributed by atoms with E-state index in [1.165, 1.54) is 0 Å². The highest BCUT2D eigenvalue weighted by molar-refractivity contribution is 5.91. The summed E-state index contributed by atoms with van der Waals surface area (Å²) in [7, 11) is 0. The minimum absolute atomic E-state index is 0.0128. The Morgan fingerprint density at radius 2 is 2.00 bits per heavy atom. The van der Waals surface area contributed by atoms with Gasteiger partial charge < -0.3 is 14.6 Å². The predicted molar refractivity (Wildman–Crippen MR) is 86.7 cm³/mol. The van der Waals surface area contributed by atoms with E-state index in [9.17, 15) is 9.59 Å². The van der Waals surface area contributed by atoms with Crippen molar-refractivity contribution in [3.05, 3.63) is 29.7 Å². The third kappa shape index (κ3) is 4.69. The molecule has 1 aliphatic heterocycles. The zero-order chi connectivity index (χ0) is 16.2. The summed E-state index contributed by atoms with van der Waals surface area (Å²) < 4.78 is 5.41. The SMILES string of the molecule is Cc1ccc(/C=C/C(=O)N2CCN(CC(=O)NC3CC3)CC2)o1. The van der Waals surface area contributed by atoms with Crippen LogP contribution in [0.3, 0.4) is 0 Å². The monoisotopic (exact) mass is 317 g/mol. The first-order valence-corrected chi connectivity index (χ1v) is 8.15. The number of nitrogens with zero attached hydrogens (tertiary/aromatic N) is 2. The van der Waals surface area contributed by atoms with Gasteiger partial charge in [0.15, 0.2) is 0 Å². The Morgan fingerprint density at radius 1 is 1.26 bits per heavy atom. The van der Waals surface area contributed by atoms with E-state index in [0.29, 0.717) is 31.4 Å². The lowest BCUT2D eigenvalue weighted by atomic mass is 10.3. The van der Waals surface area contributed by atoms with Gasteiger partial charge in [-0.15, -0.1) is 0 Å². The van der Waals surface area contributed by atoms with Crippen molar-refractivity contribution >= 4 is 17.9 Å². The van der Waals surface area contributed by atoms with Gasteiger partial charge in [-0.2, -0.15) is 0 Å². The molecule has 1 aromatic rings. The van der Waals surface area contributed by atoms with E-state index < -0.39 is 0 Å². The molecule has 0 atom stereocenters. The largest absolute Gasteiger partial charge is 0.462 e. The Labute approximate surface area is 136 Å². The van der Waals surface area contributed by atoms with E-state index in [2.05, 4.69) is 10.2 Å². The highest BCUT2D eigenvalue weighted by atomic mass is 16.3. The number of amides is 2. The van der Waals surface area contributed by atoms with Crippen molar-refractivity contribution in [2.45, 2.75) is 25.8 Å². The third-order valence-corrected chi connectivity index (χ3v) is 4.14. The standard InChI is InChI=1S/C17H23N3O3/c1-13-2-5-15(23-13)6-7-17(22)20-10-8-19(9-11-20)12-16(21)18-14-3-4-14/h2,5-7,14H,3-4,8-12H2,1H3,(H,18,21)/b7-6+. The van der Waals surface area contributed by atoms with Crippen LogP contribution in [0, 0.1) is 6.92 Å². The molecule has 2 heterocycles. The fourth-order valence-electron chi connectivity index (χ4n) is 2.63. The summed E-state index contributed by atoms with van der Waals surface area (Å²) in [5, 5.41) is 2.99. The van der Waals surface area contributed by atoms with E-state index in [1.54, 1.807) is 12.2 Å². The van der Waals surface area contributed by atoms with E-state index in [-0.39, 0.29) is 11.8 Å². The molecule has 1 N–H and O–H groups in total. The normalized spacial score (nSPS) is 19.3. The number of furan rings is 1. The molecule has 3 rings (SSSR count). The minimum atomic E-state index is -0.0128. The quantitative estimate of drug-likeness (QED) is 0.824. The van der Waals surface area contributed by atoms with Crippen LogP contribution in [-0.2, 0) is 9.59 Å². The third-order valence-electron chi connectivity index (χ3n) is 4.14. The minimum Gasteiger partial charge on any atom is -0.462 e. The molecule has 0 spiro atoms. The summed E-state index contributed by atoms with van der Waals surface area (Å²) in [4.78, 5) is 27.8. The smallest absolute Gasteiger partial charge is 0.246 e. The van der Waals surface area contributed by atoms with Crippen LogP contribution in [0.1, 0.15) is 24.4 Å². The molecule has 1 aromatic heterocycles. The molecule has 0 bridgehead atoms. The summed E-state index contributed by atoms with van der Waals surface area (Å²) in [5.74, 6) is 1.60. The molecule has 2 fully saturated rings. The molecule has 2 aliphatic rings. The van der Waals surface area contributed by atoms with Crippen LogP contribution in [0.2, 0.25) is 0 Å². The summed E-state index contributed by atoms with van der Waals surface area (Å²) in [5.41, 5.74) is 0. The fraction of sp³-hybridized carbons (Fsp3) is 0.529. The molecule has 1 aliphatic carbocycles. The molecular formula is C17H23N3O3. The molecule has 6 nitrogen and oxygen atoms in total. The van der Waals surface area contributed by atoms with Gasteiger partial charge in [-0.25, -0.2) is 0 Å². The number of aryl methyl sites for hydroxylation is 1. The molecule has 0 radical (unpaired) electrons. The molecule has 0 aromatic carbocycles. The first-order chi connectivity index (χ1) is 11.1. The van der Waals surface area contributed by atoms with Crippen molar-refractivity contribution in [3.63, 3.8) is 0 Å². The summed E-state index contributed by atoms with van der Waals surface area (Å²) >= 11 is 0. The van der Waals surface area contributed by atoms with Crippen molar-refractivity contribution in [1.29, 1.82) is 0 Å². The van der Waals surface area contributed by atoms with Crippen LogP contribution < -0.4 is 5.32 Å². The van der Waals surface area contributed by atoms with Gasteiger partial charge in [0.2, 0.25) is 11.8 Å². The number of carbonyl (C=O) groups is 2. The maximum Gasteiger partial charge on any atom is 0.246 e. The Kier molecular flexibility index (Phi) is 4.81. The number of piperazine rings is 1. The Hall–Kier alpha value is -2.08. The van der Waals surface area contributed by atoms with Gasteiger partial charge in [0.1, 0.15) is 11.5 Å². The van der Waals surface area contributed by atoms with Crippen LogP contribution in [0.4, 0.5) is 0 Å². The van der Waals surface area contributed by atoms with Gasteiger partial charge in [-0.3, -0.25) is 14.5 Å². The fourth-order valence-corrected chi connectivity index (χ4v) is 2.63. The lowest BCUT2D eigenvalue weighted by Gasteiger charge is -2.33. The van der Waals surface area contributed by atoms with Crippen LogP contribution in [0.5, 0.6) is 0 Å². The number of carbonyl (C=O) groups excluding carboxylic acids is 2. The van der Waals surface area contributed by atoms with Gasteiger partial charge in [0.05, 0.1) is 6.54 Å². The summed E-state index contributed by atoms with van der Waals surface area (Å²) in [6, 6.07) is 4.12. The highest BCUT2D eigenvalue weighted by Gasteiger charge is 2.25. The molecule has 124 valence electrons. The van der Waals surface area contributed by atoms with E-state index in [1.807, 2.05) is 24.0 Å². The van der Waals surface area contributed by atoms with Crippen molar-refractivity contribution < 1.29 is 14.0 Å². The molecule has 1 saturated carbocycles. The first-order valence-electron chi connectivity index (χ1n) is 8.15. The van der Waals surface area contributed by atoms with Crippen LogP contribution in [-0.4, -0.2) is 60.4 Å². The number of hydrogen-bond donors (Lipinski definition) is 1. The second-order valence-electron chi connectivity index (χ2n) is 6.22. The number of rotatable bonds is 5. The molecular weight excluding hydrogens is 294 g/mol. The average molecular weight is 317 g/mol. The van der Waals surface area contributed by atoms with Crippen LogP contribution in [0.25, 0.3) is 6.08 Å². The highest BCUT2D eigenvalue weighted by Crippen LogP contribution is 2.18. The average Bonchev–Trinajstić information content (AvgIpc) is 3.24. The molecule has 2 amide bonds. The van der Waals surface area contributed by atoms with Gasteiger partial charge in [-0.1, -0.05) is 0 Å². The zero-order valence-corrected chi connectivity index (χ0v) is 13.5. The van der Waals surface area contributed by atoms with E-state index >= 15 is 0 Å². The number of hydrogen-bond acceptors (Lipinski definition) is 4. The lowest BCUT2D eigenvalue weighted by Crippen LogP contribution is -2.50. The summed E-state index contributed by atoms with van der Waals surface area (Å²) in [6.45, 7) is 5.07. The van der Waals surface area contributed by atoms with Crippen molar-refractivity contribution in [2.24, 2.45) is 0 Å². The van der Waals surface area contributed by atoms with Gasteiger partial charge in [-0.05, 0) is 38.0 Å². The molecule has 6 heteroatoms. The van der Waals surface area contributed by atoms with Gasteiger partial charge in [0.25, 0.3) is 0 Å². The predicted octanol–water partition coefficient (Wildman–Crippen LogP) is 1.02. The Bertz CT molecular complexity index is 596. The van der Waals surface area contributed by atoms with Crippen molar-refractivity contribution in [1.82, 2.24) is 15.1 Å². The van der Waals surface area contributed by atoms with E-state index in [0.717, 1.165) is 31.7 Å². The van der Waals surface area contributed by atoms with Crippen LogP contribution in [0.15, 0.2) is 22.6 Å². The van der Waals surface area contributed by atoms with Gasteiger partial charge in [0, 0.05) is 38.3 Å². The van der Waals surface area contributed by atoms with Crippen molar-refractivity contribution in [3.8, 4) is 0 Å².